The highest BCUT2D eigenvalue weighted by Crippen LogP contribution is 2.33. The third-order valence-corrected chi connectivity index (χ3v) is 5.69. The minimum absolute atomic E-state index is 0.142. The molecule has 1 aliphatic rings. The summed E-state index contributed by atoms with van der Waals surface area (Å²) in [6, 6.07) is 19.0. The maximum atomic E-state index is 10.7. The van der Waals surface area contributed by atoms with E-state index in [1.165, 1.54) is 0 Å². The number of rotatable bonds is 10. The van der Waals surface area contributed by atoms with Crippen molar-refractivity contribution in [3.63, 3.8) is 0 Å². The standard InChI is InChI=1S/C26H30N2O5/c1-17(11-19-5-10-25-26(12-19)33-16-32-25)27-15-24(30)20-6-9-23(29)22(13-20)28-14-18-3-7-21(31-2)8-4-18/h3-10,12-13,17,24,27-30H,11,14-16H2,1-2H3/t17?,24-/m0/s1. The fourth-order valence-corrected chi connectivity index (χ4v) is 3.77. The van der Waals surface area contributed by atoms with Gasteiger partial charge in [0.15, 0.2) is 11.5 Å². The third-order valence-electron chi connectivity index (χ3n) is 5.69. The third kappa shape index (κ3) is 5.88. The van der Waals surface area contributed by atoms with Crippen LogP contribution in [-0.2, 0) is 13.0 Å². The van der Waals surface area contributed by atoms with E-state index in [0.717, 1.165) is 40.4 Å². The number of aliphatic hydroxyl groups is 1. The van der Waals surface area contributed by atoms with Gasteiger partial charge in [-0.25, -0.2) is 0 Å². The molecule has 3 aromatic carbocycles. The minimum Gasteiger partial charge on any atom is -0.506 e. The molecule has 0 saturated heterocycles. The van der Waals surface area contributed by atoms with Crippen molar-refractivity contribution in [3.8, 4) is 23.0 Å². The average molecular weight is 451 g/mol. The molecule has 0 spiro atoms. The molecule has 1 heterocycles. The van der Waals surface area contributed by atoms with Gasteiger partial charge < -0.3 is 35.1 Å². The van der Waals surface area contributed by atoms with Crippen LogP contribution in [0.1, 0.15) is 29.7 Å². The van der Waals surface area contributed by atoms with Gasteiger partial charge in [-0.3, -0.25) is 0 Å². The van der Waals surface area contributed by atoms with Crippen LogP contribution in [-0.4, -0.2) is 36.7 Å². The van der Waals surface area contributed by atoms with Gasteiger partial charge in [-0.2, -0.15) is 0 Å². The van der Waals surface area contributed by atoms with Gasteiger partial charge in [-0.05, 0) is 66.4 Å². The molecule has 0 amide bonds. The lowest BCUT2D eigenvalue weighted by Gasteiger charge is -2.19. The number of phenolic OH excluding ortho intramolecular Hbond substituents is 1. The van der Waals surface area contributed by atoms with Crippen LogP contribution in [0.2, 0.25) is 0 Å². The molecule has 4 rings (SSSR count). The number of anilines is 1. The number of methoxy groups -OCH3 is 1. The maximum Gasteiger partial charge on any atom is 0.231 e. The summed E-state index contributed by atoms with van der Waals surface area (Å²) in [6.45, 7) is 3.29. The Morgan fingerprint density at radius 3 is 2.52 bits per heavy atom. The number of aromatic hydroxyl groups is 1. The van der Waals surface area contributed by atoms with Gasteiger partial charge in [0.2, 0.25) is 6.79 Å². The van der Waals surface area contributed by atoms with Gasteiger partial charge in [0.05, 0.1) is 18.9 Å². The molecule has 0 fully saturated rings. The largest absolute Gasteiger partial charge is 0.506 e. The molecule has 174 valence electrons. The number of aliphatic hydroxyl groups excluding tert-OH is 1. The Kier molecular flexibility index (Phi) is 7.22. The quantitative estimate of drug-likeness (QED) is 0.347. The zero-order chi connectivity index (χ0) is 23.2. The van der Waals surface area contributed by atoms with E-state index in [4.69, 9.17) is 14.2 Å². The van der Waals surface area contributed by atoms with E-state index >= 15 is 0 Å². The molecular weight excluding hydrogens is 420 g/mol. The average Bonchev–Trinajstić information content (AvgIpc) is 3.30. The molecule has 2 atom stereocenters. The highest BCUT2D eigenvalue weighted by atomic mass is 16.7. The Labute approximate surface area is 193 Å². The van der Waals surface area contributed by atoms with Crippen LogP contribution >= 0.6 is 0 Å². The lowest BCUT2D eigenvalue weighted by atomic mass is 10.0. The Hall–Kier alpha value is -3.42. The first-order chi connectivity index (χ1) is 16.0. The number of hydrogen-bond acceptors (Lipinski definition) is 7. The minimum atomic E-state index is -0.702. The molecule has 33 heavy (non-hydrogen) atoms. The van der Waals surface area contributed by atoms with Crippen LogP contribution in [0.15, 0.2) is 60.7 Å². The van der Waals surface area contributed by atoms with E-state index in [2.05, 4.69) is 17.6 Å². The summed E-state index contributed by atoms with van der Waals surface area (Å²) in [5.74, 6) is 2.49. The molecule has 4 N–H and O–H groups in total. The smallest absolute Gasteiger partial charge is 0.231 e. The summed E-state index contributed by atoms with van der Waals surface area (Å²) in [6.07, 6.45) is 0.0967. The topological polar surface area (TPSA) is 92.2 Å². The highest BCUT2D eigenvalue weighted by Gasteiger charge is 2.16. The first-order valence-electron chi connectivity index (χ1n) is 11.0. The van der Waals surface area contributed by atoms with Crippen LogP contribution in [0.5, 0.6) is 23.0 Å². The molecule has 0 aromatic heterocycles. The van der Waals surface area contributed by atoms with Gasteiger partial charge in [-0.15, -0.1) is 0 Å². The Bertz CT molecular complexity index is 1070. The van der Waals surface area contributed by atoms with Gasteiger partial charge >= 0.3 is 0 Å². The zero-order valence-electron chi connectivity index (χ0n) is 18.9. The predicted molar refractivity (Wildman–Crippen MR) is 127 cm³/mol. The van der Waals surface area contributed by atoms with Crippen LogP contribution in [0, 0.1) is 0 Å². The first-order valence-corrected chi connectivity index (χ1v) is 11.0. The summed E-state index contributed by atoms with van der Waals surface area (Å²) < 4.78 is 16.0. The maximum absolute atomic E-state index is 10.7. The summed E-state index contributed by atoms with van der Waals surface area (Å²) >= 11 is 0. The lowest BCUT2D eigenvalue weighted by Crippen LogP contribution is -2.32. The predicted octanol–water partition coefficient (Wildman–Crippen LogP) is 4.00. The van der Waals surface area contributed by atoms with E-state index in [9.17, 15) is 10.2 Å². The second-order valence-electron chi connectivity index (χ2n) is 8.20. The van der Waals surface area contributed by atoms with Crippen LogP contribution in [0.4, 0.5) is 5.69 Å². The molecule has 3 aromatic rings. The normalized spacial score (nSPS) is 14.0. The van der Waals surface area contributed by atoms with Gasteiger partial charge in [0, 0.05) is 19.1 Å². The molecule has 1 aliphatic heterocycles. The Morgan fingerprint density at radius 1 is 0.970 bits per heavy atom. The summed E-state index contributed by atoms with van der Waals surface area (Å²) in [7, 11) is 1.63. The summed E-state index contributed by atoms with van der Waals surface area (Å²) in [5.41, 5.74) is 3.51. The van der Waals surface area contributed by atoms with Crippen molar-refractivity contribution in [3.05, 3.63) is 77.4 Å². The Morgan fingerprint density at radius 2 is 1.73 bits per heavy atom. The number of fused-ring (bicyclic) bond motifs is 1. The van der Waals surface area contributed by atoms with Crippen molar-refractivity contribution in [1.82, 2.24) is 5.32 Å². The van der Waals surface area contributed by atoms with Crippen molar-refractivity contribution in [2.24, 2.45) is 0 Å². The highest BCUT2D eigenvalue weighted by molar-refractivity contribution is 5.58. The second-order valence-corrected chi connectivity index (χ2v) is 8.20. The molecule has 1 unspecified atom stereocenters. The number of phenols is 1. The number of nitrogens with one attached hydrogen (secondary N) is 2. The van der Waals surface area contributed by atoms with E-state index in [0.29, 0.717) is 18.8 Å². The van der Waals surface area contributed by atoms with Crippen LogP contribution < -0.4 is 24.8 Å². The van der Waals surface area contributed by atoms with Crippen molar-refractivity contribution in [2.45, 2.75) is 32.0 Å². The molecule has 7 heteroatoms. The van der Waals surface area contributed by atoms with Gasteiger partial charge in [0.1, 0.15) is 11.5 Å². The van der Waals surface area contributed by atoms with Gasteiger partial charge in [-0.1, -0.05) is 24.3 Å². The number of benzene rings is 3. The van der Waals surface area contributed by atoms with Crippen molar-refractivity contribution < 1.29 is 24.4 Å². The molecule has 0 bridgehead atoms. The van der Waals surface area contributed by atoms with Crippen molar-refractivity contribution in [1.29, 1.82) is 0 Å². The van der Waals surface area contributed by atoms with E-state index in [1.807, 2.05) is 42.5 Å². The van der Waals surface area contributed by atoms with Crippen molar-refractivity contribution in [2.75, 3.05) is 25.8 Å². The van der Waals surface area contributed by atoms with Crippen molar-refractivity contribution >= 4 is 5.69 Å². The molecule has 0 saturated carbocycles. The van der Waals surface area contributed by atoms with Gasteiger partial charge in [0.25, 0.3) is 0 Å². The van der Waals surface area contributed by atoms with E-state index in [1.54, 1.807) is 25.3 Å². The first kappa shape index (κ1) is 22.8. The number of ether oxygens (including phenoxy) is 3. The zero-order valence-corrected chi connectivity index (χ0v) is 18.9. The molecule has 7 nitrogen and oxygen atoms in total. The summed E-state index contributed by atoms with van der Waals surface area (Å²) in [4.78, 5) is 0. The fourth-order valence-electron chi connectivity index (χ4n) is 3.77. The monoisotopic (exact) mass is 450 g/mol. The van der Waals surface area contributed by atoms with E-state index in [-0.39, 0.29) is 18.6 Å². The number of hydrogen-bond donors (Lipinski definition) is 4. The van der Waals surface area contributed by atoms with Crippen LogP contribution in [0.25, 0.3) is 0 Å². The molecular formula is C26H30N2O5. The molecule has 0 radical (unpaired) electrons. The fraction of sp³-hybridized carbons (Fsp3) is 0.308. The van der Waals surface area contributed by atoms with E-state index < -0.39 is 6.10 Å². The molecule has 0 aliphatic carbocycles. The summed E-state index contributed by atoms with van der Waals surface area (Å²) in [5, 5.41) is 27.5. The lowest BCUT2D eigenvalue weighted by molar-refractivity contribution is 0.170. The second kappa shape index (κ2) is 10.5. The SMILES string of the molecule is COc1ccc(CNc2cc([C@@H](O)CNC(C)Cc3ccc4c(c3)OCO4)ccc2O)cc1. The Balaban J connectivity index is 1.30. The van der Waals surface area contributed by atoms with Crippen LogP contribution in [0.3, 0.4) is 0 Å².